The molecule has 1 rings (SSSR count). The monoisotopic (exact) mass is 240 g/mol. The van der Waals surface area contributed by atoms with Gasteiger partial charge >= 0.3 is 5.97 Å². The molecule has 0 radical (unpaired) electrons. The van der Waals surface area contributed by atoms with Crippen LogP contribution in [0.3, 0.4) is 0 Å². The van der Waals surface area contributed by atoms with Crippen LogP contribution in [0, 0.1) is 10.1 Å². The van der Waals surface area contributed by atoms with Crippen molar-refractivity contribution in [1.29, 1.82) is 0 Å². The zero-order valence-corrected chi connectivity index (χ0v) is 9.16. The van der Waals surface area contributed by atoms with E-state index in [1.807, 2.05) is 0 Å². The largest absolute Gasteiger partial charge is 0.478 e. The molecule has 7 nitrogen and oxygen atoms in total. The summed E-state index contributed by atoms with van der Waals surface area (Å²) in [5.41, 5.74) is -0.0507. The predicted octanol–water partition coefficient (Wildman–Crippen LogP) is 0.721. The molecule has 1 aromatic carbocycles. The third-order valence-electron chi connectivity index (χ3n) is 2.27. The molecule has 92 valence electrons. The van der Waals surface area contributed by atoms with Gasteiger partial charge in [-0.25, -0.2) is 4.79 Å². The first-order valence-corrected chi connectivity index (χ1v) is 4.81. The SMILES string of the molecule is CN(CCO)c1cc(C(=O)O)ccc1[N+](=O)[O-]. The second-order valence-electron chi connectivity index (χ2n) is 3.41. The van der Waals surface area contributed by atoms with Crippen LogP contribution >= 0.6 is 0 Å². The van der Waals surface area contributed by atoms with E-state index < -0.39 is 10.9 Å². The molecule has 0 aromatic heterocycles. The van der Waals surface area contributed by atoms with Gasteiger partial charge in [0.05, 0.1) is 17.1 Å². The van der Waals surface area contributed by atoms with Crippen molar-refractivity contribution in [3.63, 3.8) is 0 Å². The van der Waals surface area contributed by atoms with Crippen LogP contribution in [-0.4, -0.2) is 41.3 Å². The predicted molar refractivity (Wildman–Crippen MR) is 60.4 cm³/mol. The van der Waals surface area contributed by atoms with E-state index in [4.69, 9.17) is 10.2 Å². The topological polar surface area (TPSA) is 104 Å². The molecule has 0 aliphatic carbocycles. The summed E-state index contributed by atoms with van der Waals surface area (Å²) in [7, 11) is 1.55. The highest BCUT2D eigenvalue weighted by Crippen LogP contribution is 2.28. The van der Waals surface area contributed by atoms with E-state index in [-0.39, 0.29) is 30.1 Å². The van der Waals surface area contributed by atoms with Crippen LogP contribution in [0.4, 0.5) is 11.4 Å². The number of anilines is 1. The van der Waals surface area contributed by atoms with Crippen molar-refractivity contribution in [2.45, 2.75) is 0 Å². The average Bonchev–Trinajstić information content (AvgIpc) is 2.28. The highest BCUT2D eigenvalue weighted by molar-refractivity contribution is 5.90. The number of aliphatic hydroxyl groups excluding tert-OH is 1. The Balaban J connectivity index is 3.24. The van der Waals surface area contributed by atoms with Crippen molar-refractivity contribution in [3.8, 4) is 0 Å². The molecule has 0 saturated heterocycles. The fourth-order valence-electron chi connectivity index (χ4n) is 1.39. The summed E-state index contributed by atoms with van der Waals surface area (Å²) < 4.78 is 0. The molecule has 0 spiro atoms. The molecule has 17 heavy (non-hydrogen) atoms. The number of nitro benzene ring substituents is 1. The quantitative estimate of drug-likeness (QED) is 0.580. The molecule has 0 bridgehead atoms. The lowest BCUT2D eigenvalue weighted by Gasteiger charge is -2.18. The van der Waals surface area contributed by atoms with Gasteiger partial charge in [0.1, 0.15) is 5.69 Å². The number of nitro groups is 1. The van der Waals surface area contributed by atoms with Crippen LogP contribution < -0.4 is 4.90 Å². The zero-order valence-electron chi connectivity index (χ0n) is 9.16. The van der Waals surface area contributed by atoms with Gasteiger partial charge in [0, 0.05) is 19.7 Å². The molecule has 0 saturated carbocycles. The Bertz CT molecular complexity index is 446. The number of carboxylic acid groups (broad SMARTS) is 1. The van der Waals surface area contributed by atoms with Crippen molar-refractivity contribution in [3.05, 3.63) is 33.9 Å². The first kappa shape index (κ1) is 12.9. The van der Waals surface area contributed by atoms with Crippen LogP contribution in [0.2, 0.25) is 0 Å². The van der Waals surface area contributed by atoms with Gasteiger partial charge < -0.3 is 15.1 Å². The Morgan fingerprint density at radius 3 is 2.65 bits per heavy atom. The first-order chi connectivity index (χ1) is 7.97. The molecule has 0 atom stereocenters. The van der Waals surface area contributed by atoms with Gasteiger partial charge in [0.25, 0.3) is 5.69 Å². The van der Waals surface area contributed by atoms with E-state index in [2.05, 4.69) is 0 Å². The number of hydrogen-bond donors (Lipinski definition) is 2. The van der Waals surface area contributed by atoms with Gasteiger partial charge in [-0.3, -0.25) is 10.1 Å². The lowest BCUT2D eigenvalue weighted by Crippen LogP contribution is -2.22. The van der Waals surface area contributed by atoms with Crippen molar-refractivity contribution in [2.24, 2.45) is 0 Å². The average molecular weight is 240 g/mol. The van der Waals surface area contributed by atoms with Gasteiger partial charge in [0.2, 0.25) is 0 Å². The highest BCUT2D eigenvalue weighted by atomic mass is 16.6. The lowest BCUT2D eigenvalue weighted by atomic mass is 10.1. The molecule has 1 aromatic rings. The van der Waals surface area contributed by atoms with Gasteiger partial charge in [-0.15, -0.1) is 0 Å². The molecule has 7 heteroatoms. The third kappa shape index (κ3) is 2.91. The Labute approximate surface area is 97.1 Å². The fraction of sp³-hybridized carbons (Fsp3) is 0.300. The summed E-state index contributed by atoms with van der Waals surface area (Å²) in [6.07, 6.45) is 0. The smallest absolute Gasteiger partial charge is 0.335 e. The minimum absolute atomic E-state index is 0.0320. The Hall–Kier alpha value is -2.15. The van der Waals surface area contributed by atoms with E-state index in [9.17, 15) is 14.9 Å². The van der Waals surface area contributed by atoms with E-state index in [1.165, 1.54) is 17.0 Å². The summed E-state index contributed by atoms with van der Waals surface area (Å²) in [6.45, 7) is 0.00880. The van der Waals surface area contributed by atoms with Gasteiger partial charge in [-0.05, 0) is 12.1 Å². The maximum atomic E-state index is 10.8. The number of benzene rings is 1. The number of carbonyl (C=O) groups is 1. The number of rotatable bonds is 5. The number of likely N-dealkylation sites (N-methyl/N-ethyl adjacent to an activating group) is 1. The highest BCUT2D eigenvalue weighted by Gasteiger charge is 2.19. The summed E-state index contributed by atoms with van der Waals surface area (Å²) in [5.74, 6) is -1.15. The van der Waals surface area contributed by atoms with Crippen molar-refractivity contribution in [1.82, 2.24) is 0 Å². The van der Waals surface area contributed by atoms with Crippen LogP contribution in [0.25, 0.3) is 0 Å². The molecule has 0 heterocycles. The minimum atomic E-state index is -1.15. The van der Waals surface area contributed by atoms with Crippen molar-refractivity contribution < 1.29 is 19.9 Å². The number of carboxylic acids is 1. The van der Waals surface area contributed by atoms with Crippen molar-refractivity contribution >= 4 is 17.3 Å². The van der Waals surface area contributed by atoms with Crippen LogP contribution in [0.5, 0.6) is 0 Å². The second-order valence-corrected chi connectivity index (χ2v) is 3.41. The minimum Gasteiger partial charge on any atom is -0.478 e. The molecule has 2 N–H and O–H groups in total. The van der Waals surface area contributed by atoms with Crippen LogP contribution in [0.15, 0.2) is 18.2 Å². The Morgan fingerprint density at radius 1 is 1.53 bits per heavy atom. The molecular weight excluding hydrogens is 228 g/mol. The number of hydrogen-bond acceptors (Lipinski definition) is 5. The van der Waals surface area contributed by atoms with Crippen LogP contribution in [-0.2, 0) is 0 Å². The molecule has 0 aliphatic heterocycles. The van der Waals surface area contributed by atoms with Crippen LogP contribution in [0.1, 0.15) is 10.4 Å². The normalized spacial score (nSPS) is 10.0. The summed E-state index contributed by atoms with van der Waals surface area (Å²) in [4.78, 5) is 22.4. The summed E-state index contributed by atoms with van der Waals surface area (Å²) in [6, 6.07) is 3.54. The lowest BCUT2D eigenvalue weighted by molar-refractivity contribution is -0.384. The molecule has 0 unspecified atom stereocenters. The molecule has 0 aliphatic rings. The molecule has 0 fully saturated rings. The van der Waals surface area contributed by atoms with Crippen molar-refractivity contribution in [2.75, 3.05) is 25.1 Å². The number of aliphatic hydroxyl groups is 1. The summed E-state index contributed by atoms with van der Waals surface area (Å²) >= 11 is 0. The van der Waals surface area contributed by atoms with Gasteiger partial charge in [0.15, 0.2) is 0 Å². The maximum Gasteiger partial charge on any atom is 0.335 e. The number of aromatic carboxylic acids is 1. The molecule has 0 amide bonds. The molecular formula is C10H12N2O5. The first-order valence-electron chi connectivity index (χ1n) is 4.81. The fourth-order valence-corrected chi connectivity index (χ4v) is 1.39. The number of nitrogens with zero attached hydrogens (tertiary/aromatic N) is 2. The van der Waals surface area contributed by atoms with Gasteiger partial charge in [-0.1, -0.05) is 0 Å². The maximum absolute atomic E-state index is 10.8. The van der Waals surface area contributed by atoms with E-state index in [0.717, 1.165) is 6.07 Å². The van der Waals surface area contributed by atoms with E-state index >= 15 is 0 Å². The van der Waals surface area contributed by atoms with E-state index in [1.54, 1.807) is 7.05 Å². The Morgan fingerprint density at radius 2 is 2.18 bits per heavy atom. The second kappa shape index (κ2) is 5.26. The van der Waals surface area contributed by atoms with E-state index in [0.29, 0.717) is 0 Å². The summed E-state index contributed by atoms with van der Waals surface area (Å²) in [5, 5.41) is 28.4. The zero-order chi connectivity index (χ0) is 13.0. The van der Waals surface area contributed by atoms with Gasteiger partial charge in [-0.2, -0.15) is 0 Å². The third-order valence-corrected chi connectivity index (χ3v) is 2.27. The standard InChI is InChI=1S/C10H12N2O5/c1-11(4-5-13)9-6-7(10(14)15)2-3-8(9)12(16)17/h2-3,6,13H,4-5H2,1H3,(H,14,15). The Kier molecular flexibility index (Phi) is 4.00.